The standard InChI is InChI=1S/C23H22O2P/c1-17-10-4-7-13-21(17)26(22-14-8-5-11-18(22)2)23-15-9-6-12-20(23)16-25-19(3)24/h4-16H,1-3H3. The maximum absolute atomic E-state index is 11.3. The van der Waals surface area contributed by atoms with Crippen LogP contribution in [0.25, 0.3) is 0 Å². The van der Waals surface area contributed by atoms with Gasteiger partial charge in [0.2, 0.25) is 0 Å². The van der Waals surface area contributed by atoms with Gasteiger partial charge in [-0.2, -0.15) is 0 Å². The van der Waals surface area contributed by atoms with E-state index in [1.807, 2.05) is 18.2 Å². The van der Waals surface area contributed by atoms with Gasteiger partial charge >= 0.3 is 5.97 Å². The second-order valence-electron chi connectivity index (χ2n) is 6.19. The average molecular weight is 361 g/mol. The van der Waals surface area contributed by atoms with Gasteiger partial charge in [-0.15, -0.1) is 0 Å². The highest BCUT2D eigenvalue weighted by molar-refractivity contribution is 7.80. The van der Waals surface area contributed by atoms with Crippen LogP contribution in [0.15, 0.2) is 72.8 Å². The first-order valence-electron chi connectivity index (χ1n) is 8.59. The minimum atomic E-state index is -0.762. The lowest BCUT2D eigenvalue weighted by molar-refractivity contribution is -0.137. The first-order chi connectivity index (χ1) is 12.6. The van der Waals surface area contributed by atoms with Crippen LogP contribution >= 0.6 is 7.92 Å². The van der Waals surface area contributed by atoms with Crippen molar-refractivity contribution in [2.75, 3.05) is 0 Å². The van der Waals surface area contributed by atoms with Gasteiger partial charge in [0.15, 0.2) is 6.61 Å². The molecule has 0 fully saturated rings. The van der Waals surface area contributed by atoms with Crippen molar-refractivity contribution in [3.05, 3.63) is 96.1 Å². The zero-order chi connectivity index (χ0) is 18.5. The van der Waals surface area contributed by atoms with Crippen LogP contribution in [0.4, 0.5) is 0 Å². The van der Waals surface area contributed by atoms with Crippen molar-refractivity contribution in [3.8, 4) is 0 Å². The van der Waals surface area contributed by atoms with Crippen molar-refractivity contribution in [1.82, 2.24) is 0 Å². The van der Waals surface area contributed by atoms with E-state index >= 15 is 0 Å². The van der Waals surface area contributed by atoms with Crippen molar-refractivity contribution >= 4 is 29.8 Å². The third kappa shape index (κ3) is 4.03. The first-order valence-corrected chi connectivity index (χ1v) is 9.93. The van der Waals surface area contributed by atoms with Crippen molar-refractivity contribution in [1.29, 1.82) is 0 Å². The lowest BCUT2D eigenvalue weighted by Crippen LogP contribution is -2.26. The Kier molecular flexibility index (Phi) is 5.85. The monoisotopic (exact) mass is 361 g/mol. The Morgan fingerprint density at radius 3 is 1.73 bits per heavy atom. The quantitative estimate of drug-likeness (QED) is 0.504. The van der Waals surface area contributed by atoms with Gasteiger partial charge in [-0.1, -0.05) is 72.8 Å². The van der Waals surface area contributed by atoms with Crippen LogP contribution < -0.4 is 15.9 Å². The minimum absolute atomic E-state index is 0.309. The highest BCUT2D eigenvalue weighted by Crippen LogP contribution is 2.36. The van der Waals surface area contributed by atoms with E-state index in [9.17, 15) is 4.79 Å². The summed E-state index contributed by atoms with van der Waals surface area (Å²) >= 11 is 0. The summed E-state index contributed by atoms with van der Waals surface area (Å²) in [6.45, 7) is 7.30. The van der Waals surface area contributed by atoms with Crippen LogP contribution in [-0.4, -0.2) is 5.97 Å². The van der Waals surface area contributed by atoms with Gasteiger partial charge in [0.1, 0.15) is 0 Å². The van der Waals surface area contributed by atoms with E-state index in [-0.39, 0.29) is 5.97 Å². The number of esters is 1. The zero-order valence-corrected chi connectivity index (χ0v) is 16.2. The third-order valence-corrected chi connectivity index (χ3v) is 7.10. The summed E-state index contributed by atoms with van der Waals surface area (Å²) in [7, 11) is -0.762. The molecule has 0 atom stereocenters. The Balaban J connectivity index is 2.18. The Morgan fingerprint density at radius 2 is 1.23 bits per heavy atom. The summed E-state index contributed by atoms with van der Waals surface area (Å²) in [5.41, 5.74) is 3.48. The third-order valence-electron chi connectivity index (χ3n) is 4.24. The van der Waals surface area contributed by atoms with Gasteiger partial charge in [-0.05, 0) is 48.8 Å². The Bertz CT molecular complexity index is 872. The number of carbonyl (C=O) groups is 1. The molecular weight excluding hydrogens is 339 g/mol. The molecule has 131 valence electrons. The number of ether oxygens (including phenoxy) is 1. The minimum Gasteiger partial charge on any atom is -0.453 e. The van der Waals surface area contributed by atoms with E-state index in [1.165, 1.54) is 34.0 Å². The SMILES string of the molecule is CC(=O)O[CH]c1ccccc1P(c1ccccc1C)c1ccccc1C. The molecule has 0 saturated carbocycles. The van der Waals surface area contributed by atoms with Crippen molar-refractivity contribution in [2.24, 2.45) is 0 Å². The van der Waals surface area contributed by atoms with Crippen molar-refractivity contribution < 1.29 is 9.53 Å². The van der Waals surface area contributed by atoms with E-state index in [0.717, 1.165) is 5.56 Å². The van der Waals surface area contributed by atoms with Gasteiger partial charge in [-0.3, -0.25) is 4.79 Å². The zero-order valence-electron chi connectivity index (χ0n) is 15.3. The normalized spacial score (nSPS) is 10.8. The number of hydrogen-bond donors (Lipinski definition) is 0. The molecule has 3 aromatic carbocycles. The molecule has 3 aromatic rings. The molecule has 0 N–H and O–H groups in total. The molecule has 0 amide bonds. The van der Waals surface area contributed by atoms with Crippen molar-refractivity contribution in [3.63, 3.8) is 0 Å². The van der Waals surface area contributed by atoms with Gasteiger partial charge in [0, 0.05) is 12.5 Å². The van der Waals surface area contributed by atoms with E-state index < -0.39 is 7.92 Å². The lowest BCUT2D eigenvalue weighted by atomic mass is 10.2. The maximum Gasteiger partial charge on any atom is 0.303 e. The van der Waals surface area contributed by atoms with Gasteiger partial charge in [-0.25, -0.2) is 0 Å². The summed E-state index contributed by atoms with van der Waals surface area (Å²) in [5.74, 6) is -0.309. The molecule has 3 heteroatoms. The van der Waals surface area contributed by atoms with Crippen LogP contribution in [0, 0.1) is 20.5 Å². The molecule has 0 heterocycles. The molecule has 2 nitrogen and oxygen atoms in total. The molecule has 0 spiro atoms. The molecular formula is C23H22O2P. The number of carbonyl (C=O) groups excluding carboxylic acids is 1. The fraction of sp³-hybridized carbons (Fsp3) is 0.130. The lowest BCUT2D eigenvalue weighted by Gasteiger charge is -2.25. The molecule has 0 aliphatic rings. The number of benzene rings is 3. The van der Waals surface area contributed by atoms with E-state index in [2.05, 4.69) is 68.4 Å². The van der Waals surface area contributed by atoms with Crippen molar-refractivity contribution in [2.45, 2.75) is 20.8 Å². The summed E-state index contributed by atoms with van der Waals surface area (Å²) in [4.78, 5) is 11.3. The highest BCUT2D eigenvalue weighted by Gasteiger charge is 2.22. The molecule has 3 rings (SSSR count). The molecule has 0 bridgehead atoms. The first kappa shape index (κ1) is 18.4. The Labute approximate surface area is 156 Å². The van der Waals surface area contributed by atoms with Gasteiger partial charge in [0.25, 0.3) is 0 Å². The molecule has 1 radical (unpaired) electrons. The summed E-state index contributed by atoms with van der Waals surface area (Å²) < 4.78 is 5.20. The highest BCUT2D eigenvalue weighted by atomic mass is 31.1. The van der Waals surface area contributed by atoms with E-state index in [4.69, 9.17) is 4.74 Å². The van der Waals surface area contributed by atoms with Crippen LogP contribution in [-0.2, 0) is 9.53 Å². The van der Waals surface area contributed by atoms with Crippen LogP contribution in [0.1, 0.15) is 23.6 Å². The van der Waals surface area contributed by atoms with E-state index in [1.54, 1.807) is 6.61 Å². The number of hydrogen-bond acceptors (Lipinski definition) is 2. The fourth-order valence-electron chi connectivity index (χ4n) is 2.96. The number of rotatable bonds is 5. The predicted molar refractivity (Wildman–Crippen MR) is 110 cm³/mol. The summed E-state index contributed by atoms with van der Waals surface area (Å²) in [6.07, 6.45) is 0. The fourth-order valence-corrected chi connectivity index (χ4v) is 5.68. The van der Waals surface area contributed by atoms with Gasteiger partial charge in [0.05, 0.1) is 0 Å². The maximum atomic E-state index is 11.3. The Hall–Kier alpha value is -2.44. The topological polar surface area (TPSA) is 26.3 Å². The molecule has 0 aromatic heterocycles. The molecule has 0 aliphatic carbocycles. The van der Waals surface area contributed by atoms with Crippen LogP contribution in [0.2, 0.25) is 0 Å². The van der Waals surface area contributed by atoms with E-state index in [0.29, 0.717) is 0 Å². The molecule has 26 heavy (non-hydrogen) atoms. The summed E-state index contributed by atoms with van der Waals surface area (Å²) in [5, 5.41) is 3.83. The van der Waals surface area contributed by atoms with Gasteiger partial charge < -0.3 is 4.74 Å². The molecule has 0 aliphatic heterocycles. The summed E-state index contributed by atoms with van der Waals surface area (Å²) in [6, 6.07) is 25.2. The average Bonchev–Trinajstić information content (AvgIpc) is 2.64. The molecule has 0 unspecified atom stereocenters. The van der Waals surface area contributed by atoms with Crippen LogP contribution in [0.5, 0.6) is 0 Å². The second kappa shape index (κ2) is 8.29. The second-order valence-corrected chi connectivity index (χ2v) is 8.31. The number of aryl methyl sites for hydroxylation is 2. The Morgan fingerprint density at radius 1 is 0.769 bits per heavy atom. The van der Waals surface area contributed by atoms with Crippen LogP contribution in [0.3, 0.4) is 0 Å². The largest absolute Gasteiger partial charge is 0.453 e. The predicted octanol–water partition coefficient (Wildman–Crippen LogP) is 4.13. The smallest absolute Gasteiger partial charge is 0.303 e. The molecule has 0 saturated heterocycles.